The fourth-order valence-corrected chi connectivity index (χ4v) is 3.85. The lowest BCUT2D eigenvalue weighted by Crippen LogP contribution is -1.98. The van der Waals surface area contributed by atoms with E-state index in [4.69, 9.17) is 9.84 Å². The zero-order valence-electron chi connectivity index (χ0n) is 18.7. The van der Waals surface area contributed by atoms with Crippen molar-refractivity contribution in [1.82, 2.24) is 19.9 Å². The summed E-state index contributed by atoms with van der Waals surface area (Å²) >= 11 is 8.29. The molecule has 0 aliphatic rings. The molecule has 11 heteroatoms. The average molecular weight is 722 g/mol. The minimum atomic E-state index is -0.309. The highest BCUT2D eigenvalue weighted by molar-refractivity contribution is 14.1. The summed E-state index contributed by atoms with van der Waals surface area (Å²) < 4.78 is 32.9. The lowest BCUT2D eigenvalue weighted by molar-refractivity contribution is 0.281. The number of benzene rings is 2. The van der Waals surface area contributed by atoms with Crippen LogP contribution in [0.15, 0.2) is 70.1 Å². The van der Waals surface area contributed by atoms with Crippen LogP contribution in [0.25, 0.3) is 0 Å². The molecule has 0 spiro atoms. The zero-order chi connectivity index (χ0) is 25.8. The Morgan fingerprint density at radius 2 is 1.29 bits per heavy atom. The van der Waals surface area contributed by atoms with Crippen molar-refractivity contribution in [3.8, 4) is 5.75 Å². The van der Waals surface area contributed by atoms with Crippen molar-refractivity contribution >= 4 is 54.5 Å². The van der Waals surface area contributed by atoms with Crippen LogP contribution in [-0.2, 0) is 13.2 Å². The molecule has 0 saturated carbocycles. The van der Waals surface area contributed by atoms with E-state index in [1.54, 1.807) is 56.0 Å². The van der Waals surface area contributed by atoms with Crippen LogP contribution in [0.3, 0.4) is 0 Å². The maximum absolute atomic E-state index is 13.0. The predicted molar refractivity (Wildman–Crippen MR) is 145 cm³/mol. The molecular weight excluding hydrogens is 701 g/mol. The number of rotatable bonds is 4. The van der Waals surface area contributed by atoms with E-state index < -0.39 is 0 Å². The first-order valence-electron chi connectivity index (χ1n) is 10.0. The van der Waals surface area contributed by atoms with E-state index in [2.05, 4.69) is 74.4 Å². The summed E-state index contributed by atoms with van der Waals surface area (Å²) in [4.78, 5) is 15.9. The molecule has 2 heterocycles. The van der Waals surface area contributed by atoms with Crippen molar-refractivity contribution in [2.24, 2.45) is 0 Å². The molecule has 0 bridgehead atoms. The SMILES string of the molecule is Cc1ncc(CO)cn1.Cc1ncc(COc2ccc(F)c(Br)c2)cn1.Fc1ccc(I)cc1Br. The summed E-state index contributed by atoms with van der Waals surface area (Å²) in [5, 5.41) is 8.55. The van der Waals surface area contributed by atoms with E-state index in [-0.39, 0.29) is 18.2 Å². The van der Waals surface area contributed by atoms with Gasteiger partial charge in [0.25, 0.3) is 0 Å². The van der Waals surface area contributed by atoms with Crippen LogP contribution in [0.4, 0.5) is 8.78 Å². The topological polar surface area (TPSA) is 81.0 Å². The molecule has 0 fully saturated rings. The van der Waals surface area contributed by atoms with Gasteiger partial charge in [-0.2, -0.15) is 0 Å². The van der Waals surface area contributed by atoms with E-state index in [1.807, 2.05) is 6.92 Å². The minimum absolute atomic E-state index is 0.0142. The Hall–Kier alpha value is -2.09. The Morgan fingerprint density at radius 1 is 0.800 bits per heavy atom. The standard InChI is InChI=1S/C12H10BrFN2O.C6H3BrFI.C6H8N2O/c1-8-15-5-9(6-16-8)7-17-10-2-3-12(14)11(13)4-10;7-5-3-4(9)1-2-6(5)8;1-5-7-2-6(4-9)3-8-5/h2-6H,7H2,1H3;1-3H;2-3,9H,4H2,1H3. The van der Waals surface area contributed by atoms with Gasteiger partial charge in [0.2, 0.25) is 0 Å². The van der Waals surface area contributed by atoms with Gasteiger partial charge in [0.15, 0.2) is 0 Å². The van der Waals surface area contributed by atoms with Gasteiger partial charge in [0.1, 0.15) is 35.6 Å². The minimum Gasteiger partial charge on any atom is -0.489 e. The van der Waals surface area contributed by atoms with Gasteiger partial charge in [-0.25, -0.2) is 28.7 Å². The van der Waals surface area contributed by atoms with Crippen LogP contribution in [0, 0.1) is 29.1 Å². The van der Waals surface area contributed by atoms with Gasteiger partial charge >= 0.3 is 0 Å². The van der Waals surface area contributed by atoms with E-state index >= 15 is 0 Å². The number of halogens is 5. The highest BCUT2D eigenvalue weighted by atomic mass is 127. The summed E-state index contributed by atoms with van der Waals surface area (Å²) in [6.07, 6.45) is 6.65. The number of ether oxygens (including phenoxy) is 1. The van der Waals surface area contributed by atoms with Crippen LogP contribution >= 0.6 is 54.5 Å². The first-order valence-corrected chi connectivity index (χ1v) is 12.7. The average Bonchev–Trinajstić information content (AvgIpc) is 2.85. The van der Waals surface area contributed by atoms with Crippen molar-refractivity contribution in [2.45, 2.75) is 27.1 Å². The molecule has 0 aliphatic carbocycles. The molecule has 0 aliphatic heterocycles. The predicted octanol–water partition coefficient (Wildman–Crippen LogP) is 6.74. The summed E-state index contributed by atoms with van der Waals surface area (Å²) in [5.41, 5.74) is 1.62. The van der Waals surface area contributed by atoms with Crippen molar-refractivity contribution in [2.75, 3.05) is 0 Å². The quantitative estimate of drug-likeness (QED) is 0.186. The van der Waals surface area contributed by atoms with E-state index in [0.29, 0.717) is 21.3 Å². The van der Waals surface area contributed by atoms with Gasteiger partial charge < -0.3 is 9.84 Å². The maximum atomic E-state index is 13.0. The van der Waals surface area contributed by atoms with Crippen molar-refractivity contribution in [3.63, 3.8) is 0 Å². The molecule has 6 nitrogen and oxygen atoms in total. The van der Waals surface area contributed by atoms with E-state index in [0.717, 1.165) is 26.3 Å². The molecule has 4 rings (SSSR count). The van der Waals surface area contributed by atoms with E-state index in [1.165, 1.54) is 12.1 Å². The molecule has 1 N–H and O–H groups in total. The molecule has 0 amide bonds. The molecule has 2 aromatic carbocycles. The molecule has 184 valence electrons. The molecule has 35 heavy (non-hydrogen) atoms. The third-order valence-corrected chi connectivity index (χ3v) is 5.92. The number of aryl methyl sites for hydroxylation is 2. The summed E-state index contributed by atoms with van der Waals surface area (Å²) in [5.74, 6) is 1.52. The smallest absolute Gasteiger partial charge is 0.137 e. The lowest BCUT2D eigenvalue weighted by Gasteiger charge is -2.06. The second-order valence-corrected chi connectivity index (χ2v) is 9.81. The lowest BCUT2D eigenvalue weighted by atomic mass is 10.3. The second-order valence-electron chi connectivity index (χ2n) is 6.86. The number of aromatic nitrogens is 4. The van der Waals surface area contributed by atoms with Gasteiger partial charge in [-0.15, -0.1) is 0 Å². The molecule has 4 aromatic rings. The second kappa shape index (κ2) is 15.1. The van der Waals surface area contributed by atoms with Crippen molar-refractivity contribution in [3.05, 3.63) is 108 Å². The monoisotopic (exact) mass is 720 g/mol. The Labute approximate surface area is 232 Å². The van der Waals surface area contributed by atoms with Gasteiger partial charge in [-0.1, -0.05) is 0 Å². The first kappa shape index (κ1) is 29.1. The molecule has 0 saturated heterocycles. The summed E-state index contributed by atoms with van der Waals surface area (Å²) in [6, 6.07) is 9.41. The maximum Gasteiger partial charge on any atom is 0.137 e. The summed E-state index contributed by atoms with van der Waals surface area (Å²) in [7, 11) is 0. The van der Waals surface area contributed by atoms with Crippen LogP contribution < -0.4 is 4.74 Å². The zero-order valence-corrected chi connectivity index (χ0v) is 24.1. The van der Waals surface area contributed by atoms with Crippen molar-refractivity contribution < 1.29 is 18.6 Å². The van der Waals surface area contributed by atoms with Gasteiger partial charge in [-0.05, 0) is 105 Å². The number of aliphatic hydroxyl groups excluding tert-OH is 1. The van der Waals surface area contributed by atoms with Gasteiger partial charge in [-0.3, -0.25) is 0 Å². The normalized spacial score (nSPS) is 9.94. The number of hydrogen-bond donors (Lipinski definition) is 1. The third kappa shape index (κ3) is 11.0. The highest BCUT2D eigenvalue weighted by Crippen LogP contribution is 2.22. The Morgan fingerprint density at radius 3 is 1.74 bits per heavy atom. The molecule has 2 aromatic heterocycles. The van der Waals surface area contributed by atoms with Crippen molar-refractivity contribution in [1.29, 1.82) is 0 Å². The number of aliphatic hydroxyl groups is 1. The van der Waals surface area contributed by atoms with Crippen LogP contribution in [0.2, 0.25) is 0 Å². The highest BCUT2D eigenvalue weighted by Gasteiger charge is 2.02. The van der Waals surface area contributed by atoms with E-state index in [9.17, 15) is 8.78 Å². The fraction of sp³-hybridized carbons (Fsp3) is 0.167. The van der Waals surface area contributed by atoms with Gasteiger partial charge in [0.05, 0.1) is 15.6 Å². The number of nitrogens with zero attached hydrogens (tertiary/aromatic N) is 4. The molecule has 0 unspecified atom stereocenters. The fourth-order valence-electron chi connectivity index (χ4n) is 2.20. The first-order chi connectivity index (χ1) is 16.7. The van der Waals surface area contributed by atoms with Crippen LogP contribution in [0.1, 0.15) is 22.8 Å². The molecule has 0 radical (unpaired) electrons. The number of hydrogen-bond acceptors (Lipinski definition) is 6. The Balaban J connectivity index is 0.000000203. The van der Waals surface area contributed by atoms with Crippen LogP contribution in [-0.4, -0.2) is 25.0 Å². The Kier molecular flexibility index (Phi) is 12.6. The third-order valence-electron chi connectivity index (χ3n) is 4.03. The van der Waals surface area contributed by atoms with Gasteiger partial charge in [0, 0.05) is 39.5 Å². The summed E-state index contributed by atoms with van der Waals surface area (Å²) in [6.45, 7) is 4.00. The Bertz CT molecular complexity index is 1220. The van der Waals surface area contributed by atoms with Crippen LogP contribution in [0.5, 0.6) is 5.75 Å². The molecule has 0 atom stereocenters. The largest absolute Gasteiger partial charge is 0.489 e. The molecular formula is C24H21Br2F2IN4O2.